The number of pyridine rings is 1. The van der Waals surface area contributed by atoms with E-state index in [9.17, 15) is 29.1 Å². The predicted octanol–water partition coefficient (Wildman–Crippen LogP) is 9.86. The highest BCUT2D eigenvalue weighted by molar-refractivity contribution is 5.94. The van der Waals surface area contributed by atoms with Crippen molar-refractivity contribution < 1.29 is 47.6 Å². The third-order valence-corrected chi connectivity index (χ3v) is 14.2. The number of esters is 2. The molecule has 12 heteroatoms. The number of nitrogens with one attached hydrogen (secondary N) is 1. The quantitative estimate of drug-likeness (QED) is 0.0261. The van der Waals surface area contributed by atoms with E-state index in [1.165, 1.54) is 70.6 Å². The summed E-state index contributed by atoms with van der Waals surface area (Å²) in [6.07, 6.45) is 24.6. The summed E-state index contributed by atoms with van der Waals surface area (Å²) < 4.78 is 14.8. The molecule has 1 aromatic heterocycles. The number of hydrogen-bond acceptors (Lipinski definition) is 7. The summed E-state index contributed by atoms with van der Waals surface area (Å²) in [5.74, 6) is -6.19. The highest BCUT2D eigenvalue weighted by Gasteiger charge is 2.45. The first-order chi connectivity index (χ1) is 32.2. The third-order valence-electron chi connectivity index (χ3n) is 14.2. The minimum absolute atomic E-state index is 0.0707. The van der Waals surface area contributed by atoms with Gasteiger partial charge < -0.3 is 30.1 Å². The van der Waals surface area contributed by atoms with Gasteiger partial charge in [-0.25, -0.2) is 4.57 Å². The first kappa shape index (κ1) is 57.0. The number of amides is 2. The van der Waals surface area contributed by atoms with Crippen LogP contribution in [0.4, 0.5) is 0 Å². The fourth-order valence-electron chi connectivity index (χ4n) is 9.98. The number of hydrogen-bond donors (Lipinski definition) is 3. The maximum absolute atomic E-state index is 14.1. The van der Waals surface area contributed by atoms with Gasteiger partial charge in [-0.15, -0.1) is 0 Å². The second kappa shape index (κ2) is 32.4. The minimum Gasteiger partial charge on any atom is -0.481 e. The summed E-state index contributed by atoms with van der Waals surface area (Å²) in [5.41, 5.74) is 6.23. The Bertz CT molecular complexity index is 1710. The molecular weight excluding hydrogens is 845 g/mol. The van der Waals surface area contributed by atoms with Crippen LogP contribution in [0.15, 0.2) is 60.9 Å². The molecule has 2 amide bonds. The van der Waals surface area contributed by atoms with Gasteiger partial charge in [-0.05, 0) is 88.2 Å². The Morgan fingerprint density at radius 3 is 1.91 bits per heavy atom. The molecule has 0 saturated heterocycles. The van der Waals surface area contributed by atoms with E-state index < -0.39 is 47.4 Å². The number of rotatable bonds is 37. The number of carbonyl (C=O) groups excluding carboxylic acids is 4. The Balaban J connectivity index is 1.64. The Morgan fingerprint density at radius 1 is 0.716 bits per heavy atom. The minimum atomic E-state index is -1.03. The number of nitrogens with zero attached hydrogens (tertiary/aromatic N) is 2. The van der Waals surface area contributed by atoms with Crippen LogP contribution in [-0.2, 0) is 35.2 Å². The maximum Gasteiger partial charge on any atom is 0.308 e. The van der Waals surface area contributed by atoms with Gasteiger partial charge in [-0.1, -0.05) is 116 Å². The predicted molar refractivity (Wildman–Crippen MR) is 264 cm³/mol. The number of primary amides is 1. The standard InChI is InChI=1S/C55H88N4O8/c1-6-8-9-10-18-27-34-59(4,5)35-37-67-54(64)43(3)38-47(55(65)66-36-28-19-16-14-12-11-13-15-17-24-31-58-32-25-21-26-33-58)39-46-40-48(57-52(61)45-29-22-20-23-30-45)42-49(46)50(53(62)63)41-44(7-2)51(56)60/h20-23,25-26,29-30,32-33,43-44,46-50H,6-19,24,27-28,31,34-42H2,1-5H3,(H2-2,56,57,60,61,62,63)/p+2. The van der Waals surface area contributed by atoms with Crippen molar-refractivity contribution in [2.75, 3.05) is 40.4 Å². The van der Waals surface area contributed by atoms with E-state index >= 15 is 0 Å². The molecule has 4 N–H and O–H groups in total. The van der Waals surface area contributed by atoms with Gasteiger partial charge in [0.15, 0.2) is 12.4 Å². The van der Waals surface area contributed by atoms with Crippen molar-refractivity contribution in [1.82, 2.24) is 5.32 Å². The molecule has 0 bridgehead atoms. The number of aromatic nitrogens is 1. The number of carbonyl (C=O) groups is 5. The molecule has 0 radical (unpaired) electrons. The van der Waals surface area contributed by atoms with Crippen LogP contribution in [0.1, 0.15) is 172 Å². The number of carboxylic acid groups (broad SMARTS) is 1. The molecular formula is C55H90N4O8+2. The van der Waals surface area contributed by atoms with Gasteiger partial charge in [0.25, 0.3) is 5.91 Å². The molecule has 7 unspecified atom stereocenters. The van der Waals surface area contributed by atoms with Gasteiger partial charge in [0, 0.05) is 36.1 Å². The van der Waals surface area contributed by atoms with E-state index in [1.54, 1.807) is 31.2 Å². The van der Waals surface area contributed by atoms with E-state index in [-0.39, 0.29) is 56.3 Å². The number of aliphatic carboxylic acids is 1. The van der Waals surface area contributed by atoms with Crippen molar-refractivity contribution in [3.05, 3.63) is 66.5 Å². The molecule has 1 aliphatic rings. The average molecular weight is 935 g/mol. The molecule has 1 saturated carbocycles. The summed E-state index contributed by atoms with van der Waals surface area (Å²) in [6, 6.07) is 14.7. The van der Waals surface area contributed by atoms with Crippen LogP contribution in [0.2, 0.25) is 0 Å². The zero-order valence-corrected chi connectivity index (χ0v) is 42.2. The zero-order valence-electron chi connectivity index (χ0n) is 42.2. The van der Waals surface area contributed by atoms with Gasteiger partial charge in [0.2, 0.25) is 5.91 Å². The van der Waals surface area contributed by atoms with Crippen molar-refractivity contribution in [1.29, 1.82) is 0 Å². The van der Waals surface area contributed by atoms with E-state index in [0.29, 0.717) is 31.4 Å². The molecule has 12 nitrogen and oxygen atoms in total. The van der Waals surface area contributed by atoms with E-state index in [2.05, 4.69) is 55.4 Å². The summed E-state index contributed by atoms with van der Waals surface area (Å²) in [7, 11) is 4.32. The number of ether oxygens (including phenoxy) is 2. The average Bonchev–Trinajstić information content (AvgIpc) is 3.69. The molecule has 7 atom stereocenters. The Kier molecular flexibility index (Phi) is 27.6. The fraction of sp³-hybridized carbons (Fsp3) is 0.709. The van der Waals surface area contributed by atoms with Crippen LogP contribution in [0.5, 0.6) is 0 Å². The molecule has 1 fully saturated rings. The van der Waals surface area contributed by atoms with Gasteiger partial charge in [-0.2, -0.15) is 0 Å². The Morgan fingerprint density at radius 2 is 1.30 bits per heavy atom. The lowest BCUT2D eigenvalue weighted by atomic mass is 9.74. The summed E-state index contributed by atoms with van der Waals surface area (Å²) in [4.78, 5) is 66.4. The number of aryl methyl sites for hydroxylation is 1. The van der Waals surface area contributed by atoms with Crippen molar-refractivity contribution in [2.45, 2.75) is 175 Å². The molecule has 376 valence electrons. The molecule has 1 aromatic carbocycles. The second-order valence-electron chi connectivity index (χ2n) is 20.3. The van der Waals surface area contributed by atoms with Gasteiger partial charge in [-0.3, -0.25) is 24.0 Å². The van der Waals surface area contributed by atoms with Crippen LogP contribution in [0.25, 0.3) is 0 Å². The first-order valence-corrected chi connectivity index (χ1v) is 26.2. The van der Waals surface area contributed by atoms with E-state index in [1.807, 2.05) is 19.1 Å². The molecule has 0 aliphatic heterocycles. The monoisotopic (exact) mass is 935 g/mol. The van der Waals surface area contributed by atoms with Gasteiger partial charge >= 0.3 is 17.9 Å². The fourth-order valence-corrected chi connectivity index (χ4v) is 9.98. The topological polar surface area (TPSA) is 166 Å². The number of likely N-dealkylation sites (N-methyl/N-ethyl adjacent to an activating group) is 1. The third kappa shape index (κ3) is 23.0. The van der Waals surface area contributed by atoms with Crippen LogP contribution >= 0.6 is 0 Å². The maximum atomic E-state index is 14.1. The number of unbranched alkanes of at least 4 members (excludes halogenated alkanes) is 14. The number of carboxylic acids is 1. The zero-order chi connectivity index (χ0) is 48.9. The van der Waals surface area contributed by atoms with Gasteiger partial charge in [0.1, 0.15) is 19.7 Å². The molecule has 1 aliphatic carbocycles. The smallest absolute Gasteiger partial charge is 0.308 e. The van der Waals surface area contributed by atoms with Gasteiger partial charge in [0.05, 0.1) is 45.0 Å². The Labute approximate surface area is 404 Å². The van der Waals surface area contributed by atoms with Crippen LogP contribution in [0, 0.1) is 35.5 Å². The number of nitrogens with two attached hydrogens (primary N) is 1. The lowest BCUT2D eigenvalue weighted by Crippen LogP contribution is -2.43. The van der Waals surface area contributed by atoms with Crippen molar-refractivity contribution in [3.63, 3.8) is 0 Å². The highest BCUT2D eigenvalue weighted by Crippen LogP contribution is 2.44. The second-order valence-corrected chi connectivity index (χ2v) is 20.3. The SMILES string of the molecule is CCCCCCCC[N+](C)(C)CCOC(=O)C(C)CC(CC1CC(NC(=O)c2ccccc2)CC1C(CC(CC)C(N)=O)C(=O)O)C(=O)OCCCCCCCCCCCC[n+]1ccccc1. The van der Waals surface area contributed by atoms with E-state index in [0.717, 1.165) is 49.7 Å². The van der Waals surface area contributed by atoms with Crippen molar-refractivity contribution in [2.24, 2.45) is 41.2 Å². The van der Waals surface area contributed by atoms with Crippen molar-refractivity contribution in [3.8, 4) is 0 Å². The molecule has 1 heterocycles. The van der Waals surface area contributed by atoms with Crippen LogP contribution in [-0.4, -0.2) is 85.8 Å². The Hall–Kier alpha value is -4.32. The number of quaternary nitrogens is 1. The summed E-state index contributed by atoms with van der Waals surface area (Å²) in [5, 5.41) is 13.8. The number of benzene rings is 1. The van der Waals surface area contributed by atoms with Crippen LogP contribution in [0.3, 0.4) is 0 Å². The van der Waals surface area contributed by atoms with Crippen LogP contribution < -0.4 is 15.6 Å². The highest BCUT2D eigenvalue weighted by atomic mass is 16.5. The molecule has 2 aromatic rings. The summed E-state index contributed by atoms with van der Waals surface area (Å²) >= 11 is 0. The largest absolute Gasteiger partial charge is 0.481 e. The molecule has 67 heavy (non-hydrogen) atoms. The first-order valence-electron chi connectivity index (χ1n) is 26.2. The summed E-state index contributed by atoms with van der Waals surface area (Å²) in [6.45, 7) is 9.14. The molecule has 3 rings (SSSR count). The normalized spacial score (nSPS) is 17.8. The lowest BCUT2D eigenvalue weighted by molar-refractivity contribution is -0.890. The van der Waals surface area contributed by atoms with Crippen molar-refractivity contribution >= 4 is 29.7 Å². The molecule has 0 spiro atoms. The van der Waals surface area contributed by atoms with E-state index in [4.69, 9.17) is 15.2 Å². The lowest BCUT2D eigenvalue weighted by Gasteiger charge is -2.30.